The van der Waals surface area contributed by atoms with Crippen LogP contribution in [-0.2, 0) is 10.7 Å². The lowest BCUT2D eigenvalue weighted by atomic mass is 10.0. The van der Waals surface area contributed by atoms with Gasteiger partial charge in [0.2, 0.25) is 5.91 Å². The van der Waals surface area contributed by atoms with E-state index in [9.17, 15) is 15.0 Å². The lowest BCUT2D eigenvalue weighted by Crippen LogP contribution is -2.50. The fraction of sp³-hybridized carbons (Fsp3) is 0.423. The van der Waals surface area contributed by atoms with E-state index < -0.39 is 5.91 Å². The molecule has 8 heteroatoms. The molecule has 1 aliphatic carbocycles. The third-order valence-electron chi connectivity index (χ3n) is 6.80. The molecule has 0 radical (unpaired) electrons. The van der Waals surface area contributed by atoms with Crippen molar-refractivity contribution in [1.29, 1.82) is 0 Å². The molecule has 2 aliphatic rings. The Hall–Kier alpha value is -2.52. The van der Waals surface area contributed by atoms with Crippen molar-refractivity contribution in [3.8, 4) is 11.3 Å². The van der Waals surface area contributed by atoms with Crippen LogP contribution in [0.15, 0.2) is 42.5 Å². The Labute approximate surface area is 203 Å². The summed E-state index contributed by atoms with van der Waals surface area (Å²) in [6.45, 7) is 2.77. The molecule has 1 aromatic heterocycles. The number of benzene rings is 2. The van der Waals surface area contributed by atoms with Gasteiger partial charge < -0.3 is 25.8 Å². The SMILES string of the molecule is CC(=O)Nc1ccc(-c2cc3cc(C(O)(O)N4CCSCC4)cc(NC4CCCC4)c3[nH]2)cc1. The third kappa shape index (κ3) is 4.81. The lowest BCUT2D eigenvalue weighted by Gasteiger charge is -2.37. The lowest BCUT2D eigenvalue weighted by molar-refractivity contribution is -0.273. The van der Waals surface area contributed by atoms with Crippen LogP contribution in [0.5, 0.6) is 0 Å². The summed E-state index contributed by atoms with van der Waals surface area (Å²) >= 11 is 1.84. The first-order valence-corrected chi connectivity index (χ1v) is 13.1. The number of rotatable bonds is 6. The van der Waals surface area contributed by atoms with E-state index >= 15 is 0 Å². The maximum atomic E-state index is 11.3. The topological polar surface area (TPSA) is 101 Å². The highest BCUT2D eigenvalue weighted by Crippen LogP contribution is 2.36. The quantitative estimate of drug-likeness (QED) is 0.338. The molecule has 2 heterocycles. The Balaban J connectivity index is 1.53. The van der Waals surface area contributed by atoms with E-state index in [-0.39, 0.29) is 5.91 Å². The summed E-state index contributed by atoms with van der Waals surface area (Å²) in [7, 11) is 0. The molecule has 2 fully saturated rings. The molecule has 0 unspecified atom stereocenters. The molecule has 2 aromatic carbocycles. The van der Waals surface area contributed by atoms with E-state index in [1.165, 1.54) is 19.8 Å². The molecule has 34 heavy (non-hydrogen) atoms. The summed E-state index contributed by atoms with van der Waals surface area (Å²) < 4.78 is 0. The molecular weight excluding hydrogens is 448 g/mol. The molecule has 0 atom stereocenters. The number of carbonyl (C=O) groups excluding carboxylic acids is 1. The predicted molar refractivity (Wildman–Crippen MR) is 139 cm³/mol. The number of fused-ring (bicyclic) bond motifs is 1. The number of nitrogens with zero attached hydrogens (tertiary/aromatic N) is 1. The molecule has 5 N–H and O–H groups in total. The number of hydrogen-bond acceptors (Lipinski definition) is 6. The highest BCUT2D eigenvalue weighted by atomic mass is 32.2. The van der Waals surface area contributed by atoms with E-state index in [2.05, 4.69) is 15.6 Å². The Bertz CT molecular complexity index is 1160. The highest BCUT2D eigenvalue weighted by molar-refractivity contribution is 7.99. The zero-order valence-corrected chi connectivity index (χ0v) is 20.3. The largest absolute Gasteiger partial charge is 0.381 e. The van der Waals surface area contributed by atoms with Gasteiger partial charge in [0.15, 0.2) is 0 Å². The summed E-state index contributed by atoms with van der Waals surface area (Å²) in [5.41, 5.74) is 5.03. The van der Waals surface area contributed by atoms with E-state index in [1.807, 2.05) is 54.2 Å². The first kappa shape index (κ1) is 23.2. The summed E-state index contributed by atoms with van der Waals surface area (Å²) in [5, 5.41) is 29.8. The van der Waals surface area contributed by atoms with E-state index in [1.54, 1.807) is 4.90 Å². The van der Waals surface area contributed by atoms with Crippen molar-refractivity contribution >= 4 is 39.9 Å². The Kier molecular flexibility index (Phi) is 6.57. The smallest absolute Gasteiger partial charge is 0.253 e. The number of anilines is 2. The fourth-order valence-corrected chi connectivity index (χ4v) is 5.89. The highest BCUT2D eigenvalue weighted by Gasteiger charge is 2.36. The van der Waals surface area contributed by atoms with Gasteiger partial charge in [-0.05, 0) is 48.7 Å². The molecule has 3 aromatic rings. The second kappa shape index (κ2) is 9.62. The van der Waals surface area contributed by atoms with Crippen molar-refractivity contribution in [1.82, 2.24) is 9.88 Å². The molecule has 0 spiro atoms. The fourth-order valence-electron chi connectivity index (χ4n) is 4.99. The van der Waals surface area contributed by atoms with E-state index in [4.69, 9.17) is 0 Å². The van der Waals surface area contributed by atoms with Crippen molar-refractivity contribution in [3.05, 3.63) is 48.0 Å². The van der Waals surface area contributed by atoms with Gasteiger partial charge in [0.05, 0.1) is 11.2 Å². The first-order chi connectivity index (χ1) is 16.4. The number of amides is 1. The van der Waals surface area contributed by atoms with Crippen LogP contribution < -0.4 is 10.6 Å². The number of aromatic amines is 1. The normalized spacial score (nSPS) is 17.9. The van der Waals surface area contributed by atoms with Crippen LogP contribution in [-0.4, -0.2) is 56.6 Å². The van der Waals surface area contributed by atoms with Crippen molar-refractivity contribution in [2.45, 2.75) is 44.6 Å². The van der Waals surface area contributed by atoms with Gasteiger partial charge in [-0.15, -0.1) is 0 Å². The molecular formula is C26H32N4O3S. The van der Waals surface area contributed by atoms with Crippen LogP contribution in [0.4, 0.5) is 11.4 Å². The Morgan fingerprint density at radius 1 is 1.09 bits per heavy atom. The van der Waals surface area contributed by atoms with Crippen LogP contribution in [0.25, 0.3) is 22.2 Å². The van der Waals surface area contributed by atoms with E-state index in [0.29, 0.717) is 24.7 Å². The number of thioether (sulfide) groups is 1. The molecule has 0 bridgehead atoms. The molecule has 180 valence electrons. The van der Waals surface area contributed by atoms with Crippen LogP contribution in [0, 0.1) is 0 Å². The second-order valence-electron chi connectivity index (χ2n) is 9.29. The van der Waals surface area contributed by atoms with Gasteiger partial charge in [-0.2, -0.15) is 11.8 Å². The van der Waals surface area contributed by atoms with Gasteiger partial charge in [-0.3, -0.25) is 4.79 Å². The number of H-pyrrole nitrogens is 1. The summed E-state index contributed by atoms with van der Waals surface area (Å²) in [6, 6.07) is 13.9. The van der Waals surface area contributed by atoms with Crippen molar-refractivity contribution in [2.75, 3.05) is 35.2 Å². The third-order valence-corrected chi connectivity index (χ3v) is 7.74. The van der Waals surface area contributed by atoms with E-state index in [0.717, 1.165) is 57.9 Å². The minimum absolute atomic E-state index is 0.0997. The van der Waals surface area contributed by atoms with Gasteiger partial charge in [-0.1, -0.05) is 25.0 Å². The van der Waals surface area contributed by atoms with Crippen LogP contribution >= 0.6 is 11.8 Å². The number of aliphatic hydroxyl groups is 2. The van der Waals surface area contributed by atoms with Crippen LogP contribution in [0.3, 0.4) is 0 Å². The molecule has 1 saturated carbocycles. The first-order valence-electron chi connectivity index (χ1n) is 12.0. The molecule has 5 rings (SSSR count). The molecule has 1 amide bonds. The summed E-state index contributed by atoms with van der Waals surface area (Å²) in [4.78, 5) is 16.6. The van der Waals surface area contributed by atoms with Gasteiger partial charge in [0.25, 0.3) is 5.91 Å². The monoisotopic (exact) mass is 480 g/mol. The van der Waals surface area contributed by atoms with Crippen LogP contribution in [0.2, 0.25) is 0 Å². The zero-order chi connectivity index (χ0) is 23.7. The van der Waals surface area contributed by atoms with Gasteiger partial charge in [0.1, 0.15) is 0 Å². The predicted octanol–water partition coefficient (Wildman–Crippen LogP) is 4.29. The second-order valence-corrected chi connectivity index (χ2v) is 10.5. The molecule has 1 saturated heterocycles. The number of hydrogen-bond donors (Lipinski definition) is 5. The van der Waals surface area contributed by atoms with Crippen molar-refractivity contribution < 1.29 is 15.0 Å². The minimum atomic E-state index is -2.02. The summed E-state index contributed by atoms with van der Waals surface area (Å²) in [5.74, 6) is -0.335. The zero-order valence-electron chi connectivity index (χ0n) is 19.4. The number of carbonyl (C=O) groups is 1. The van der Waals surface area contributed by atoms with Gasteiger partial charge in [0, 0.05) is 59.9 Å². The average molecular weight is 481 g/mol. The Morgan fingerprint density at radius 3 is 2.47 bits per heavy atom. The Morgan fingerprint density at radius 2 is 1.79 bits per heavy atom. The average Bonchev–Trinajstić information content (AvgIpc) is 3.50. The van der Waals surface area contributed by atoms with Crippen molar-refractivity contribution in [2.24, 2.45) is 0 Å². The number of nitrogens with one attached hydrogen (secondary N) is 3. The molecule has 1 aliphatic heterocycles. The molecule has 7 nitrogen and oxygen atoms in total. The summed E-state index contributed by atoms with van der Waals surface area (Å²) in [6.07, 6.45) is 4.67. The standard InChI is InChI=1S/C26H32N4O3S/c1-17(31)27-22-8-6-18(7-9-22)23-15-19-14-20(26(32,33)30-10-12-34-13-11-30)16-24(25(19)29-23)28-21-4-2-3-5-21/h6-9,14-16,21,28-29,32-33H,2-5,10-13H2,1H3,(H,27,31). The van der Waals surface area contributed by atoms with Crippen molar-refractivity contribution in [3.63, 3.8) is 0 Å². The minimum Gasteiger partial charge on any atom is -0.381 e. The van der Waals surface area contributed by atoms with Gasteiger partial charge >= 0.3 is 0 Å². The van der Waals surface area contributed by atoms with Gasteiger partial charge in [-0.25, -0.2) is 4.90 Å². The maximum Gasteiger partial charge on any atom is 0.253 e. The van der Waals surface area contributed by atoms with Crippen LogP contribution in [0.1, 0.15) is 38.2 Å². The maximum absolute atomic E-state index is 11.3. The number of aromatic nitrogens is 1.